The van der Waals surface area contributed by atoms with Crippen LogP contribution in [0.4, 0.5) is 0 Å². The number of ketones is 1. The maximum absolute atomic E-state index is 12.4. The summed E-state index contributed by atoms with van der Waals surface area (Å²) < 4.78 is 11.1. The van der Waals surface area contributed by atoms with Gasteiger partial charge in [-0.1, -0.05) is 13.8 Å². The molecule has 0 radical (unpaired) electrons. The SMILES string of the molecule is CCCOc1ccc(C(=O)C2CCOC2CC)cc1. The van der Waals surface area contributed by atoms with E-state index in [1.807, 2.05) is 24.3 Å². The Balaban J connectivity index is 2.03. The van der Waals surface area contributed by atoms with Crippen LogP contribution in [0.3, 0.4) is 0 Å². The third-order valence-electron chi connectivity index (χ3n) is 3.56. The van der Waals surface area contributed by atoms with E-state index in [2.05, 4.69) is 13.8 Å². The Morgan fingerprint density at radius 2 is 2.05 bits per heavy atom. The van der Waals surface area contributed by atoms with Gasteiger partial charge in [0.2, 0.25) is 0 Å². The van der Waals surface area contributed by atoms with Crippen molar-refractivity contribution in [1.29, 1.82) is 0 Å². The van der Waals surface area contributed by atoms with Gasteiger partial charge in [0.15, 0.2) is 5.78 Å². The molecule has 0 aromatic heterocycles. The fraction of sp³-hybridized carbons (Fsp3) is 0.562. The largest absolute Gasteiger partial charge is 0.494 e. The van der Waals surface area contributed by atoms with Gasteiger partial charge in [-0.05, 0) is 43.5 Å². The number of carbonyl (C=O) groups excluding carboxylic acids is 1. The minimum atomic E-state index is 0.0208. The molecule has 0 N–H and O–H groups in total. The maximum atomic E-state index is 12.4. The van der Waals surface area contributed by atoms with Crippen molar-refractivity contribution >= 4 is 5.78 Å². The van der Waals surface area contributed by atoms with Crippen molar-refractivity contribution in [2.75, 3.05) is 13.2 Å². The van der Waals surface area contributed by atoms with E-state index in [-0.39, 0.29) is 17.8 Å². The Kier molecular flexibility index (Phi) is 4.97. The van der Waals surface area contributed by atoms with E-state index in [1.165, 1.54) is 0 Å². The fourth-order valence-electron chi connectivity index (χ4n) is 2.50. The summed E-state index contributed by atoms with van der Waals surface area (Å²) >= 11 is 0. The lowest BCUT2D eigenvalue weighted by Crippen LogP contribution is -2.23. The first-order chi connectivity index (χ1) is 9.26. The number of ether oxygens (including phenoxy) is 2. The molecule has 0 bridgehead atoms. The van der Waals surface area contributed by atoms with Gasteiger partial charge in [0.1, 0.15) is 5.75 Å². The summed E-state index contributed by atoms with van der Waals surface area (Å²) in [5.41, 5.74) is 0.762. The molecule has 1 aromatic carbocycles. The van der Waals surface area contributed by atoms with Gasteiger partial charge in [0.05, 0.1) is 18.6 Å². The molecule has 2 atom stereocenters. The van der Waals surface area contributed by atoms with Gasteiger partial charge in [-0.3, -0.25) is 4.79 Å². The first kappa shape index (κ1) is 14.1. The molecule has 19 heavy (non-hydrogen) atoms. The van der Waals surface area contributed by atoms with E-state index in [4.69, 9.17) is 9.47 Å². The van der Waals surface area contributed by atoms with Crippen LogP contribution in [0.15, 0.2) is 24.3 Å². The van der Waals surface area contributed by atoms with Crippen LogP contribution in [0.5, 0.6) is 5.75 Å². The minimum Gasteiger partial charge on any atom is -0.494 e. The number of hydrogen-bond acceptors (Lipinski definition) is 3. The molecule has 1 aliphatic rings. The van der Waals surface area contributed by atoms with E-state index in [1.54, 1.807) is 0 Å². The zero-order valence-corrected chi connectivity index (χ0v) is 11.7. The first-order valence-corrected chi connectivity index (χ1v) is 7.15. The van der Waals surface area contributed by atoms with E-state index in [0.717, 1.165) is 30.6 Å². The predicted octanol–water partition coefficient (Wildman–Crippen LogP) is 3.47. The molecule has 0 saturated carbocycles. The van der Waals surface area contributed by atoms with Crippen LogP contribution >= 0.6 is 0 Å². The highest BCUT2D eigenvalue weighted by molar-refractivity contribution is 5.98. The molecular weight excluding hydrogens is 240 g/mol. The number of Topliss-reactive ketones (excluding diaryl/α,β-unsaturated/α-hetero) is 1. The molecule has 0 aliphatic carbocycles. The van der Waals surface area contributed by atoms with Gasteiger partial charge >= 0.3 is 0 Å². The van der Waals surface area contributed by atoms with Gasteiger partial charge in [0, 0.05) is 12.2 Å². The lowest BCUT2D eigenvalue weighted by molar-refractivity contribution is 0.0689. The van der Waals surface area contributed by atoms with E-state index >= 15 is 0 Å². The van der Waals surface area contributed by atoms with Crippen molar-refractivity contribution in [3.63, 3.8) is 0 Å². The maximum Gasteiger partial charge on any atom is 0.168 e. The molecule has 2 unspecified atom stereocenters. The highest BCUT2D eigenvalue weighted by Crippen LogP contribution is 2.27. The number of hydrogen-bond donors (Lipinski definition) is 0. The quantitative estimate of drug-likeness (QED) is 0.736. The second-order valence-electron chi connectivity index (χ2n) is 4.95. The summed E-state index contributed by atoms with van der Waals surface area (Å²) in [6.45, 7) is 5.55. The van der Waals surface area contributed by atoms with Gasteiger partial charge in [0.25, 0.3) is 0 Å². The Morgan fingerprint density at radius 1 is 1.32 bits per heavy atom. The van der Waals surface area contributed by atoms with Crippen LogP contribution < -0.4 is 4.74 Å². The van der Waals surface area contributed by atoms with Crippen molar-refractivity contribution in [1.82, 2.24) is 0 Å². The molecule has 1 aromatic rings. The third-order valence-corrected chi connectivity index (χ3v) is 3.56. The van der Waals surface area contributed by atoms with Crippen LogP contribution in [0.2, 0.25) is 0 Å². The molecule has 0 spiro atoms. The van der Waals surface area contributed by atoms with Gasteiger partial charge in [-0.2, -0.15) is 0 Å². The minimum absolute atomic E-state index is 0.0208. The monoisotopic (exact) mass is 262 g/mol. The molecule has 1 fully saturated rings. The second kappa shape index (κ2) is 6.71. The van der Waals surface area contributed by atoms with Crippen molar-refractivity contribution in [3.8, 4) is 5.75 Å². The summed E-state index contributed by atoms with van der Waals surface area (Å²) in [4.78, 5) is 12.4. The molecule has 0 amide bonds. The number of rotatable bonds is 6. The third kappa shape index (κ3) is 3.35. The first-order valence-electron chi connectivity index (χ1n) is 7.15. The zero-order valence-electron chi connectivity index (χ0n) is 11.7. The van der Waals surface area contributed by atoms with Crippen molar-refractivity contribution < 1.29 is 14.3 Å². The van der Waals surface area contributed by atoms with E-state index < -0.39 is 0 Å². The molecule has 1 heterocycles. The lowest BCUT2D eigenvalue weighted by Gasteiger charge is -2.15. The van der Waals surface area contributed by atoms with E-state index in [0.29, 0.717) is 13.2 Å². The predicted molar refractivity (Wildman–Crippen MR) is 74.7 cm³/mol. The molecule has 2 rings (SSSR count). The second-order valence-corrected chi connectivity index (χ2v) is 4.95. The standard InChI is InChI=1S/C16H22O3/c1-3-10-18-13-7-5-12(6-8-13)16(17)14-9-11-19-15(14)4-2/h5-8,14-15H,3-4,9-11H2,1-2H3. The summed E-state index contributed by atoms with van der Waals surface area (Å²) in [5.74, 6) is 1.05. The van der Waals surface area contributed by atoms with Crippen molar-refractivity contribution in [3.05, 3.63) is 29.8 Å². The van der Waals surface area contributed by atoms with Crippen LogP contribution in [-0.4, -0.2) is 25.1 Å². The topological polar surface area (TPSA) is 35.5 Å². The molecule has 3 nitrogen and oxygen atoms in total. The van der Waals surface area contributed by atoms with E-state index in [9.17, 15) is 4.79 Å². The molecule has 1 aliphatic heterocycles. The van der Waals surface area contributed by atoms with Crippen LogP contribution in [0.1, 0.15) is 43.5 Å². The summed E-state index contributed by atoms with van der Waals surface area (Å²) in [5, 5.41) is 0. The normalized spacial score (nSPS) is 22.4. The van der Waals surface area contributed by atoms with Crippen molar-refractivity contribution in [2.24, 2.45) is 5.92 Å². The molecule has 104 valence electrons. The zero-order chi connectivity index (χ0) is 13.7. The summed E-state index contributed by atoms with van der Waals surface area (Å²) in [6, 6.07) is 7.47. The number of benzene rings is 1. The van der Waals surface area contributed by atoms with Gasteiger partial charge in [-0.25, -0.2) is 0 Å². The van der Waals surface area contributed by atoms with Gasteiger partial charge in [-0.15, -0.1) is 0 Å². The highest BCUT2D eigenvalue weighted by Gasteiger charge is 2.33. The Labute approximate surface area is 114 Å². The Hall–Kier alpha value is -1.35. The van der Waals surface area contributed by atoms with Crippen LogP contribution in [0.25, 0.3) is 0 Å². The molecular formula is C16H22O3. The Morgan fingerprint density at radius 3 is 2.68 bits per heavy atom. The molecule has 1 saturated heterocycles. The van der Waals surface area contributed by atoms with Crippen LogP contribution in [0, 0.1) is 5.92 Å². The average Bonchev–Trinajstić information content (AvgIpc) is 2.93. The molecule has 3 heteroatoms. The van der Waals surface area contributed by atoms with Crippen LogP contribution in [-0.2, 0) is 4.74 Å². The van der Waals surface area contributed by atoms with Gasteiger partial charge < -0.3 is 9.47 Å². The smallest absolute Gasteiger partial charge is 0.168 e. The summed E-state index contributed by atoms with van der Waals surface area (Å²) in [7, 11) is 0. The Bertz CT molecular complexity index is 411. The number of carbonyl (C=O) groups is 1. The highest BCUT2D eigenvalue weighted by atomic mass is 16.5. The summed E-state index contributed by atoms with van der Waals surface area (Å²) in [6.07, 6.45) is 2.81. The fourth-order valence-corrected chi connectivity index (χ4v) is 2.50. The van der Waals surface area contributed by atoms with Crippen molar-refractivity contribution in [2.45, 2.75) is 39.2 Å². The average molecular weight is 262 g/mol. The lowest BCUT2D eigenvalue weighted by atomic mass is 9.90.